The second kappa shape index (κ2) is 3.56. The number of carbonyl (C=O) groups is 1. The molecule has 1 unspecified atom stereocenters. The van der Waals surface area contributed by atoms with E-state index in [1.54, 1.807) is 6.92 Å². The zero-order chi connectivity index (χ0) is 9.99. The lowest BCUT2D eigenvalue weighted by molar-refractivity contribution is -0.129. The van der Waals surface area contributed by atoms with Crippen molar-refractivity contribution in [2.24, 2.45) is 5.41 Å². The second-order valence-corrected chi connectivity index (χ2v) is 4.12. The van der Waals surface area contributed by atoms with E-state index in [1.807, 2.05) is 14.0 Å². The van der Waals surface area contributed by atoms with Gasteiger partial charge in [0.15, 0.2) is 0 Å². The lowest BCUT2D eigenvalue weighted by Crippen LogP contribution is -2.54. The Morgan fingerprint density at radius 1 is 1.33 bits per heavy atom. The van der Waals surface area contributed by atoms with Gasteiger partial charge in [-0.25, -0.2) is 0 Å². The Labute approximate surface area is 75.7 Å². The van der Waals surface area contributed by atoms with E-state index < -0.39 is 0 Å². The molecule has 0 spiro atoms. The largest absolute Gasteiger partial charge is 0.314 e. The molecule has 0 heterocycles. The van der Waals surface area contributed by atoms with Crippen LogP contribution in [-0.2, 0) is 4.79 Å². The average molecular weight is 171 g/mol. The van der Waals surface area contributed by atoms with Crippen LogP contribution in [0.1, 0.15) is 41.0 Å². The molecule has 0 aromatic rings. The Hall–Kier alpha value is -0.370. The summed E-state index contributed by atoms with van der Waals surface area (Å²) in [4.78, 5) is 11.5. The third kappa shape index (κ3) is 1.69. The van der Waals surface area contributed by atoms with E-state index in [2.05, 4.69) is 26.1 Å². The van der Waals surface area contributed by atoms with Crippen LogP contribution in [0.5, 0.6) is 0 Å². The third-order valence-corrected chi connectivity index (χ3v) is 3.49. The van der Waals surface area contributed by atoms with Crippen molar-refractivity contribution in [2.45, 2.75) is 46.6 Å². The Balaban J connectivity index is 4.87. The van der Waals surface area contributed by atoms with Gasteiger partial charge in [-0.05, 0) is 34.2 Å². The van der Waals surface area contributed by atoms with Crippen molar-refractivity contribution in [1.29, 1.82) is 0 Å². The highest BCUT2D eigenvalue weighted by molar-refractivity contribution is 5.83. The van der Waals surface area contributed by atoms with Gasteiger partial charge < -0.3 is 5.32 Å². The number of rotatable bonds is 4. The Kier molecular flexibility index (Phi) is 3.45. The first-order valence-electron chi connectivity index (χ1n) is 4.51. The molecule has 0 aromatic carbocycles. The van der Waals surface area contributed by atoms with Crippen molar-refractivity contribution in [2.75, 3.05) is 7.05 Å². The molecular formula is C10H21NO. The summed E-state index contributed by atoms with van der Waals surface area (Å²) in [6.07, 6.45) is 0.871. The number of carbonyl (C=O) groups excluding carboxylic acids is 1. The highest BCUT2D eigenvalue weighted by Crippen LogP contribution is 2.34. The first-order valence-corrected chi connectivity index (χ1v) is 4.51. The highest BCUT2D eigenvalue weighted by atomic mass is 16.1. The smallest absolute Gasteiger partial charge is 0.137 e. The fraction of sp³-hybridized carbons (Fsp3) is 0.900. The monoisotopic (exact) mass is 171 g/mol. The van der Waals surface area contributed by atoms with E-state index >= 15 is 0 Å². The summed E-state index contributed by atoms with van der Waals surface area (Å²) in [6, 6.07) is 0. The lowest BCUT2D eigenvalue weighted by atomic mass is 9.68. The van der Waals surface area contributed by atoms with Crippen LogP contribution >= 0.6 is 0 Å². The maximum Gasteiger partial charge on any atom is 0.137 e. The fourth-order valence-corrected chi connectivity index (χ4v) is 1.41. The topological polar surface area (TPSA) is 29.1 Å². The van der Waals surface area contributed by atoms with Gasteiger partial charge in [-0.2, -0.15) is 0 Å². The van der Waals surface area contributed by atoms with Crippen LogP contribution in [-0.4, -0.2) is 18.4 Å². The minimum absolute atomic E-state index is 0.131. The lowest BCUT2D eigenvalue weighted by Gasteiger charge is -2.41. The molecule has 0 aliphatic carbocycles. The number of Topliss-reactive ketones (excluding diaryl/α,β-unsaturated/α-hetero) is 1. The van der Waals surface area contributed by atoms with Gasteiger partial charge in [0.05, 0.1) is 0 Å². The molecule has 12 heavy (non-hydrogen) atoms. The first kappa shape index (κ1) is 11.6. The minimum atomic E-state index is -0.262. The molecule has 0 bridgehead atoms. The molecule has 2 nitrogen and oxygen atoms in total. The molecule has 0 radical (unpaired) electrons. The quantitative estimate of drug-likeness (QED) is 0.701. The number of hydrogen-bond donors (Lipinski definition) is 1. The van der Waals surface area contributed by atoms with Gasteiger partial charge >= 0.3 is 0 Å². The Bertz CT molecular complexity index is 175. The number of hydrogen-bond acceptors (Lipinski definition) is 2. The summed E-state index contributed by atoms with van der Waals surface area (Å²) in [6.45, 7) is 9.88. The van der Waals surface area contributed by atoms with Gasteiger partial charge in [-0.3, -0.25) is 4.79 Å². The molecule has 1 N–H and O–H groups in total. The predicted octanol–water partition coefficient (Wildman–Crippen LogP) is 1.99. The normalized spacial score (nSPS) is 17.2. The minimum Gasteiger partial charge on any atom is -0.314 e. The van der Waals surface area contributed by atoms with Gasteiger partial charge in [-0.1, -0.05) is 13.8 Å². The molecular weight excluding hydrogens is 150 g/mol. The zero-order valence-corrected chi connectivity index (χ0v) is 9.12. The van der Waals surface area contributed by atoms with E-state index in [1.165, 1.54) is 0 Å². The van der Waals surface area contributed by atoms with Crippen molar-refractivity contribution < 1.29 is 4.79 Å². The molecule has 0 aromatic heterocycles. The van der Waals surface area contributed by atoms with Gasteiger partial charge in [-0.15, -0.1) is 0 Å². The molecule has 0 rings (SSSR count). The third-order valence-electron chi connectivity index (χ3n) is 3.49. The van der Waals surface area contributed by atoms with Crippen LogP contribution in [0.3, 0.4) is 0 Å². The molecule has 2 heteroatoms. The molecule has 0 amide bonds. The van der Waals surface area contributed by atoms with Crippen LogP contribution in [0.2, 0.25) is 0 Å². The SMILES string of the molecule is CCC(C)(C(C)=O)C(C)(C)NC. The average Bonchev–Trinajstić information content (AvgIpc) is 2.02. The van der Waals surface area contributed by atoms with E-state index in [-0.39, 0.29) is 16.7 Å². The fourth-order valence-electron chi connectivity index (χ4n) is 1.41. The van der Waals surface area contributed by atoms with Crippen molar-refractivity contribution in [3.63, 3.8) is 0 Å². The van der Waals surface area contributed by atoms with E-state index in [0.717, 1.165) is 6.42 Å². The summed E-state index contributed by atoms with van der Waals surface area (Å²) in [5.41, 5.74) is -0.394. The summed E-state index contributed by atoms with van der Waals surface area (Å²) in [5.74, 6) is 0.254. The summed E-state index contributed by atoms with van der Waals surface area (Å²) in [7, 11) is 1.90. The summed E-state index contributed by atoms with van der Waals surface area (Å²) < 4.78 is 0. The van der Waals surface area contributed by atoms with Gasteiger partial charge in [0.25, 0.3) is 0 Å². The zero-order valence-electron chi connectivity index (χ0n) is 9.12. The van der Waals surface area contributed by atoms with Crippen LogP contribution in [0.25, 0.3) is 0 Å². The molecule has 1 atom stereocenters. The predicted molar refractivity (Wildman–Crippen MR) is 52.2 cm³/mol. The second-order valence-electron chi connectivity index (χ2n) is 4.12. The molecule has 72 valence electrons. The van der Waals surface area contributed by atoms with Crippen molar-refractivity contribution in [3.05, 3.63) is 0 Å². The summed E-state index contributed by atoms with van der Waals surface area (Å²) >= 11 is 0. The van der Waals surface area contributed by atoms with Gasteiger partial charge in [0.1, 0.15) is 5.78 Å². The maximum absolute atomic E-state index is 11.5. The van der Waals surface area contributed by atoms with Crippen LogP contribution in [0.4, 0.5) is 0 Å². The maximum atomic E-state index is 11.5. The molecule has 0 saturated carbocycles. The van der Waals surface area contributed by atoms with Crippen molar-refractivity contribution in [3.8, 4) is 0 Å². The van der Waals surface area contributed by atoms with Crippen LogP contribution < -0.4 is 5.32 Å². The first-order chi connectivity index (χ1) is 5.31. The molecule has 0 fully saturated rings. The van der Waals surface area contributed by atoms with Crippen LogP contribution in [0, 0.1) is 5.41 Å². The summed E-state index contributed by atoms with van der Waals surface area (Å²) in [5, 5.41) is 3.19. The van der Waals surface area contributed by atoms with E-state index in [4.69, 9.17) is 0 Å². The van der Waals surface area contributed by atoms with Crippen molar-refractivity contribution in [1.82, 2.24) is 5.32 Å². The molecule has 0 aliphatic heterocycles. The highest BCUT2D eigenvalue weighted by Gasteiger charge is 2.42. The number of ketones is 1. The van der Waals surface area contributed by atoms with E-state index in [0.29, 0.717) is 0 Å². The van der Waals surface area contributed by atoms with Crippen molar-refractivity contribution >= 4 is 5.78 Å². The standard InChI is InChI=1S/C10H21NO/c1-7-10(5,8(2)12)9(3,4)11-6/h11H,7H2,1-6H3. The van der Waals surface area contributed by atoms with Gasteiger partial charge in [0, 0.05) is 11.0 Å². The van der Waals surface area contributed by atoms with Crippen LogP contribution in [0.15, 0.2) is 0 Å². The number of nitrogens with one attached hydrogen (secondary N) is 1. The van der Waals surface area contributed by atoms with Gasteiger partial charge in [0.2, 0.25) is 0 Å². The Morgan fingerprint density at radius 3 is 1.83 bits per heavy atom. The molecule has 0 saturated heterocycles. The van der Waals surface area contributed by atoms with E-state index in [9.17, 15) is 4.79 Å². The Morgan fingerprint density at radius 2 is 1.75 bits per heavy atom. The molecule has 0 aliphatic rings.